The number of aromatic nitrogens is 2. The molecule has 3 rings (SSSR count). The standard InChI is InChI=1S/C20H20F3N3O2/c1-11-8-16(26-18(24-11)10-17(27)13-6-7-13)19(28)25-12(2)14-4-3-5-15(9-14)20(21,22)23/h3-5,8-9,12-13H,6-7,10H2,1-2H3,(H,25,28)/t12-/m1/s1. The lowest BCUT2D eigenvalue weighted by Crippen LogP contribution is -2.28. The van der Waals surface area contributed by atoms with E-state index in [0.29, 0.717) is 11.3 Å². The Kier molecular flexibility index (Phi) is 5.49. The molecule has 1 aliphatic rings. The molecule has 1 saturated carbocycles. The van der Waals surface area contributed by atoms with Gasteiger partial charge in [0, 0.05) is 11.6 Å². The van der Waals surface area contributed by atoms with E-state index in [1.165, 1.54) is 18.2 Å². The van der Waals surface area contributed by atoms with E-state index in [0.717, 1.165) is 25.0 Å². The summed E-state index contributed by atoms with van der Waals surface area (Å²) in [5, 5.41) is 2.65. The van der Waals surface area contributed by atoms with Crippen LogP contribution in [0, 0.1) is 12.8 Å². The molecule has 0 saturated heterocycles. The minimum Gasteiger partial charge on any atom is -0.344 e. The van der Waals surface area contributed by atoms with Crippen LogP contribution in [0.4, 0.5) is 13.2 Å². The summed E-state index contributed by atoms with van der Waals surface area (Å²) in [5.74, 6) is -0.110. The average Bonchev–Trinajstić information content (AvgIpc) is 3.45. The van der Waals surface area contributed by atoms with Gasteiger partial charge in [0.05, 0.1) is 18.0 Å². The van der Waals surface area contributed by atoms with Crippen LogP contribution < -0.4 is 5.32 Å². The van der Waals surface area contributed by atoms with E-state index in [4.69, 9.17) is 0 Å². The van der Waals surface area contributed by atoms with Crippen LogP contribution in [0.5, 0.6) is 0 Å². The minimum absolute atomic E-state index is 0.0642. The Balaban J connectivity index is 1.73. The number of aryl methyl sites for hydroxylation is 1. The van der Waals surface area contributed by atoms with Crippen molar-refractivity contribution in [3.63, 3.8) is 0 Å². The fourth-order valence-electron chi connectivity index (χ4n) is 2.87. The van der Waals surface area contributed by atoms with Crippen LogP contribution >= 0.6 is 0 Å². The van der Waals surface area contributed by atoms with Crippen molar-refractivity contribution in [3.05, 3.63) is 58.7 Å². The molecule has 1 aliphatic carbocycles. The Hall–Kier alpha value is -2.77. The van der Waals surface area contributed by atoms with Crippen molar-refractivity contribution in [2.24, 2.45) is 5.92 Å². The molecule has 1 N–H and O–H groups in total. The second kappa shape index (κ2) is 7.69. The van der Waals surface area contributed by atoms with Crippen LogP contribution in [0.1, 0.15) is 58.9 Å². The zero-order valence-electron chi connectivity index (χ0n) is 15.5. The lowest BCUT2D eigenvalue weighted by atomic mass is 10.0. The number of nitrogens with one attached hydrogen (secondary N) is 1. The highest BCUT2D eigenvalue weighted by atomic mass is 19.4. The summed E-state index contributed by atoms with van der Waals surface area (Å²) in [4.78, 5) is 32.9. The van der Waals surface area contributed by atoms with Gasteiger partial charge in [-0.05, 0) is 50.5 Å². The van der Waals surface area contributed by atoms with Crippen LogP contribution in [0.2, 0.25) is 0 Å². The Labute approximate surface area is 160 Å². The summed E-state index contributed by atoms with van der Waals surface area (Å²) in [6.45, 7) is 3.29. The van der Waals surface area contributed by atoms with Gasteiger partial charge < -0.3 is 5.32 Å². The first-order valence-corrected chi connectivity index (χ1v) is 8.99. The summed E-state index contributed by atoms with van der Waals surface area (Å²) in [6, 6.07) is 5.65. The molecule has 1 aromatic heterocycles. The van der Waals surface area contributed by atoms with Gasteiger partial charge in [-0.3, -0.25) is 9.59 Å². The highest BCUT2D eigenvalue weighted by Gasteiger charge is 2.31. The van der Waals surface area contributed by atoms with Crippen LogP contribution in [0.25, 0.3) is 0 Å². The van der Waals surface area contributed by atoms with Crippen molar-refractivity contribution >= 4 is 11.7 Å². The van der Waals surface area contributed by atoms with E-state index >= 15 is 0 Å². The van der Waals surface area contributed by atoms with Gasteiger partial charge in [-0.1, -0.05) is 12.1 Å². The topological polar surface area (TPSA) is 72.0 Å². The maximum absolute atomic E-state index is 12.9. The smallest absolute Gasteiger partial charge is 0.344 e. The minimum atomic E-state index is -4.45. The molecule has 1 heterocycles. The molecule has 1 atom stereocenters. The fraction of sp³-hybridized carbons (Fsp3) is 0.400. The van der Waals surface area contributed by atoms with E-state index < -0.39 is 23.7 Å². The number of carbonyl (C=O) groups excluding carboxylic acids is 2. The molecule has 0 unspecified atom stereocenters. The molecule has 8 heteroatoms. The van der Waals surface area contributed by atoms with Gasteiger partial charge in [-0.25, -0.2) is 9.97 Å². The number of nitrogens with zero attached hydrogens (tertiary/aromatic N) is 2. The molecular weight excluding hydrogens is 371 g/mol. The summed E-state index contributed by atoms with van der Waals surface area (Å²) >= 11 is 0. The number of rotatable bonds is 6. The summed E-state index contributed by atoms with van der Waals surface area (Å²) < 4.78 is 38.6. The summed E-state index contributed by atoms with van der Waals surface area (Å²) in [6.07, 6.45) is -2.61. The average molecular weight is 391 g/mol. The molecule has 148 valence electrons. The molecular formula is C20H20F3N3O2. The van der Waals surface area contributed by atoms with Crippen molar-refractivity contribution in [2.75, 3.05) is 0 Å². The second-order valence-electron chi connectivity index (χ2n) is 7.05. The van der Waals surface area contributed by atoms with Gasteiger partial charge in [-0.2, -0.15) is 13.2 Å². The maximum atomic E-state index is 12.9. The largest absolute Gasteiger partial charge is 0.416 e. The first kappa shape index (κ1) is 20.0. The van der Waals surface area contributed by atoms with Crippen LogP contribution in [0.15, 0.2) is 30.3 Å². The zero-order chi connectivity index (χ0) is 20.5. The van der Waals surface area contributed by atoms with Crippen LogP contribution in [-0.4, -0.2) is 21.7 Å². The maximum Gasteiger partial charge on any atom is 0.416 e. The molecule has 0 aliphatic heterocycles. The lowest BCUT2D eigenvalue weighted by Gasteiger charge is -2.16. The number of alkyl halides is 3. The second-order valence-corrected chi connectivity index (χ2v) is 7.05. The number of ketones is 1. The number of Topliss-reactive ketones (excluding diaryl/α,β-unsaturated/α-hetero) is 1. The van der Waals surface area contributed by atoms with Crippen molar-refractivity contribution in [1.29, 1.82) is 0 Å². The van der Waals surface area contributed by atoms with Crippen molar-refractivity contribution in [2.45, 2.75) is 45.3 Å². The van der Waals surface area contributed by atoms with Gasteiger partial charge in [-0.15, -0.1) is 0 Å². The molecule has 0 spiro atoms. The van der Waals surface area contributed by atoms with Crippen molar-refractivity contribution < 1.29 is 22.8 Å². The Bertz CT molecular complexity index is 908. The number of benzene rings is 1. The summed E-state index contributed by atoms with van der Waals surface area (Å²) in [5.41, 5.74) is 0.193. The first-order chi connectivity index (χ1) is 13.1. The third-order valence-electron chi connectivity index (χ3n) is 4.56. The normalized spacial score (nSPS) is 15.2. The monoisotopic (exact) mass is 391 g/mol. The molecule has 28 heavy (non-hydrogen) atoms. The Morgan fingerprint density at radius 3 is 2.57 bits per heavy atom. The van der Waals surface area contributed by atoms with Gasteiger partial charge in [0.25, 0.3) is 5.91 Å². The third-order valence-corrected chi connectivity index (χ3v) is 4.56. The molecule has 1 fully saturated rings. The van der Waals surface area contributed by atoms with E-state index in [2.05, 4.69) is 15.3 Å². The molecule has 1 amide bonds. The van der Waals surface area contributed by atoms with Crippen molar-refractivity contribution in [1.82, 2.24) is 15.3 Å². The lowest BCUT2D eigenvalue weighted by molar-refractivity contribution is -0.137. The quantitative estimate of drug-likeness (QED) is 0.813. The third kappa shape index (κ3) is 4.94. The molecule has 0 radical (unpaired) electrons. The van der Waals surface area contributed by atoms with E-state index in [9.17, 15) is 22.8 Å². The van der Waals surface area contributed by atoms with Gasteiger partial charge in [0.1, 0.15) is 17.3 Å². The first-order valence-electron chi connectivity index (χ1n) is 8.99. The number of halogens is 3. The Morgan fingerprint density at radius 2 is 1.93 bits per heavy atom. The van der Waals surface area contributed by atoms with Gasteiger partial charge >= 0.3 is 6.18 Å². The highest BCUT2D eigenvalue weighted by Crippen LogP contribution is 2.31. The predicted molar refractivity (Wildman–Crippen MR) is 95.5 cm³/mol. The Morgan fingerprint density at radius 1 is 1.21 bits per heavy atom. The van der Waals surface area contributed by atoms with Crippen LogP contribution in [0.3, 0.4) is 0 Å². The fourth-order valence-corrected chi connectivity index (χ4v) is 2.87. The predicted octanol–water partition coefficient (Wildman–Crippen LogP) is 3.82. The van der Waals surface area contributed by atoms with E-state index in [-0.39, 0.29) is 29.6 Å². The van der Waals surface area contributed by atoms with E-state index in [1.54, 1.807) is 13.8 Å². The summed E-state index contributed by atoms with van der Waals surface area (Å²) in [7, 11) is 0. The number of amides is 1. The van der Waals surface area contributed by atoms with Gasteiger partial charge in [0.2, 0.25) is 0 Å². The molecule has 2 aromatic rings. The zero-order valence-corrected chi connectivity index (χ0v) is 15.5. The van der Waals surface area contributed by atoms with E-state index in [1.807, 2.05) is 0 Å². The number of hydrogen-bond acceptors (Lipinski definition) is 4. The molecule has 5 nitrogen and oxygen atoms in total. The number of hydrogen-bond donors (Lipinski definition) is 1. The van der Waals surface area contributed by atoms with Crippen LogP contribution in [-0.2, 0) is 17.4 Å². The number of carbonyl (C=O) groups is 2. The highest BCUT2D eigenvalue weighted by molar-refractivity contribution is 5.92. The van der Waals surface area contributed by atoms with Gasteiger partial charge in [0.15, 0.2) is 0 Å². The van der Waals surface area contributed by atoms with Crippen molar-refractivity contribution in [3.8, 4) is 0 Å². The molecule has 0 bridgehead atoms. The molecule has 1 aromatic carbocycles. The SMILES string of the molecule is Cc1cc(C(=O)N[C@H](C)c2cccc(C(F)(F)F)c2)nc(CC(=O)C2CC2)n1.